The molecule has 0 N–H and O–H groups in total. The third kappa shape index (κ3) is 2.52. The number of hydrogen-bond acceptors (Lipinski definition) is 0. The van der Waals surface area contributed by atoms with Gasteiger partial charge in [-0.2, -0.15) is 0 Å². The van der Waals surface area contributed by atoms with Crippen LogP contribution in [0, 0.1) is 24.3 Å². The van der Waals surface area contributed by atoms with Crippen LogP contribution in [0.1, 0.15) is 39.5 Å². The molecule has 0 saturated heterocycles. The van der Waals surface area contributed by atoms with Gasteiger partial charge in [-0.3, -0.25) is 0 Å². The second-order valence-corrected chi connectivity index (χ2v) is 4.37. The summed E-state index contributed by atoms with van der Waals surface area (Å²) in [6, 6.07) is 0. The molecule has 0 aromatic carbocycles. The summed E-state index contributed by atoms with van der Waals surface area (Å²) < 4.78 is 0. The highest BCUT2D eigenvalue weighted by molar-refractivity contribution is 4.78. The Hall–Kier alpha value is -0.510. The van der Waals surface area contributed by atoms with Crippen LogP contribution in [0.25, 0.3) is 4.85 Å². The van der Waals surface area contributed by atoms with Crippen LogP contribution in [0.5, 0.6) is 0 Å². The minimum absolute atomic E-state index is 0.720. The van der Waals surface area contributed by atoms with Gasteiger partial charge >= 0.3 is 0 Å². The molecular formula is C11H19N. The Balaban J connectivity index is 2.26. The molecule has 0 unspecified atom stereocenters. The first kappa shape index (κ1) is 9.58. The number of hydrogen-bond donors (Lipinski definition) is 0. The fourth-order valence-corrected chi connectivity index (χ4v) is 2.17. The van der Waals surface area contributed by atoms with Gasteiger partial charge in [0, 0.05) is 5.92 Å². The normalized spacial score (nSPS) is 30.2. The molecule has 0 amide bonds. The standard InChI is InChI=1S/C11H19N/c1-9(2)11-6-4-10(5-7-11)8-12-3/h9-11H,4-8H2,1-2H3. The van der Waals surface area contributed by atoms with Crippen molar-refractivity contribution in [1.82, 2.24) is 0 Å². The average Bonchev–Trinajstić information content (AvgIpc) is 2.06. The molecule has 0 heterocycles. The lowest BCUT2D eigenvalue weighted by Crippen LogP contribution is -2.19. The predicted molar refractivity (Wildman–Crippen MR) is 51.8 cm³/mol. The van der Waals surface area contributed by atoms with E-state index in [2.05, 4.69) is 18.7 Å². The Kier molecular flexibility index (Phi) is 3.59. The van der Waals surface area contributed by atoms with E-state index in [-0.39, 0.29) is 0 Å². The van der Waals surface area contributed by atoms with E-state index in [9.17, 15) is 0 Å². The number of rotatable bonds is 2. The van der Waals surface area contributed by atoms with E-state index in [1.54, 1.807) is 0 Å². The van der Waals surface area contributed by atoms with E-state index in [1.807, 2.05) is 0 Å². The summed E-state index contributed by atoms with van der Waals surface area (Å²) in [7, 11) is 0. The lowest BCUT2D eigenvalue weighted by Gasteiger charge is -2.28. The Morgan fingerprint density at radius 2 is 1.83 bits per heavy atom. The molecule has 0 aromatic rings. The molecule has 0 radical (unpaired) electrons. The Morgan fingerprint density at radius 1 is 1.25 bits per heavy atom. The molecule has 1 heteroatoms. The quantitative estimate of drug-likeness (QED) is 0.553. The third-order valence-corrected chi connectivity index (χ3v) is 3.18. The van der Waals surface area contributed by atoms with E-state index in [1.165, 1.54) is 25.7 Å². The Bertz CT molecular complexity index is 158. The second-order valence-electron chi connectivity index (χ2n) is 4.37. The second kappa shape index (κ2) is 4.50. The largest absolute Gasteiger partial charge is 0.317 e. The van der Waals surface area contributed by atoms with Crippen molar-refractivity contribution in [3.05, 3.63) is 11.4 Å². The maximum atomic E-state index is 6.80. The van der Waals surface area contributed by atoms with Gasteiger partial charge in [0.05, 0.1) is 0 Å². The van der Waals surface area contributed by atoms with Crippen LogP contribution in [-0.2, 0) is 0 Å². The van der Waals surface area contributed by atoms with Crippen molar-refractivity contribution in [2.45, 2.75) is 39.5 Å². The summed E-state index contributed by atoms with van der Waals surface area (Å²) >= 11 is 0. The lowest BCUT2D eigenvalue weighted by molar-refractivity contribution is 0.232. The van der Waals surface area contributed by atoms with Gasteiger partial charge < -0.3 is 4.85 Å². The molecule has 0 aromatic heterocycles. The van der Waals surface area contributed by atoms with Crippen LogP contribution in [0.4, 0.5) is 0 Å². The molecule has 1 aliphatic rings. The molecule has 1 saturated carbocycles. The van der Waals surface area contributed by atoms with Gasteiger partial charge in [0.15, 0.2) is 0 Å². The van der Waals surface area contributed by atoms with Crippen molar-refractivity contribution < 1.29 is 0 Å². The van der Waals surface area contributed by atoms with Gasteiger partial charge in [0.1, 0.15) is 0 Å². The van der Waals surface area contributed by atoms with Gasteiger partial charge in [-0.1, -0.05) is 13.8 Å². The van der Waals surface area contributed by atoms with E-state index < -0.39 is 0 Å². The van der Waals surface area contributed by atoms with Crippen LogP contribution >= 0.6 is 0 Å². The fourth-order valence-electron chi connectivity index (χ4n) is 2.17. The van der Waals surface area contributed by atoms with E-state index >= 15 is 0 Å². The fraction of sp³-hybridized carbons (Fsp3) is 0.909. The lowest BCUT2D eigenvalue weighted by atomic mass is 9.77. The summed E-state index contributed by atoms with van der Waals surface area (Å²) in [5.41, 5.74) is 0. The summed E-state index contributed by atoms with van der Waals surface area (Å²) in [6.07, 6.45) is 5.31. The van der Waals surface area contributed by atoms with Gasteiger partial charge in [-0.15, -0.1) is 0 Å². The minimum atomic E-state index is 0.720. The maximum absolute atomic E-state index is 6.80. The number of nitrogens with zero attached hydrogens (tertiary/aromatic N) is 1. The van der Waals surface area contributed by atoms with E-state index in [0.29, 0.717) is 0 Å². The van der Waals surface area contributed by atoms with Crippen LogP contribution < -0.4 is 0 Å². The first-order chi connectivity index (χ1) is 5.74. The van der Waals surface area contributed by atoms with Crippen LogP contribution in [0.2, 0.25) is 0 Å². The highest BCUT2D eigenvalue weighted by Gasteiger charge is 2.24. The molecule has 0 bridgehead atoms. The molecule has 0 spiro atoms. The summed E-state index contributed by atoms with van der Waals surface area (Å²) in [4.78, 5) is 3.48. The first-order valence-electron chi connectivity index (χ1n) is 5.07. The zero-order valence-corrected chi connectivity index (χ0v) is 8.21. The van der Waals surface area contributed by atoms with Gasteiger partial charge in [0.2, 0.25) is 6.54 Å². The van der Waals surface area contributed by atoms with E-state index in [0.717, 1.165) is 24.3 Å². The maximum Gasteiger partial charge on any atom is 0.217 e. The Labute approximate surface area is 76.0 Å². The zero-order chi connectivity index (χ0) is 8.97. The highest BCUT2D eigenvalue weighted by atomic mass is 14.6. The van der Waals surface area contributed by atoms with Crippen molar-refractivity contribution in [1.29, 1.82) is 0 Å². The van der Waals surface area contributed by atoms with E-state index in [4.69, 9.17) is 6.57 Å². The van der Waals surface area contributed by atoms with Crippen molar-refractivity contribution in [3.8, 4) is 0 Å². The molecule has 1 nitrogen and oxygen atoms in total. The summed E-state index contributed by atoms with van der Waals surface area (Å²) in [5, 5.41) is 0. The van der Waals surface area contributed by atoms with Crippen molar-refractivity contribution >= 4 is 0 Å². The van der Waals surface area contributed by atoms with Crippen LogP contribution in [0.3, 0.4) is 0 Å². The van der Waals surface area contributed by atoms with Crippen LogP contribution in [0.15, 0.2) is 0 Å². The van der Waals surface area contributed by atoms with Gasteiger partial charge in [-0.25, -0.2) is 6.57 Å². The SMILES string of the molecule is [C-]#[N+]CC1CCC(C(C)C)CC1. The first-order valence-corrected chi connectivity index (χ1v) is 5.07. The monoisotopic (exact) mass is 165 g/mol. The average molecular weight is 165 g/mol. The summed E-state index contributed by atoms with van der Waals surface area (Å²) in [5.74, 6) is 2.50. The molecule has 1 aliphatic carbocycles. The van der Waals surface area contributed by atoms with Crippen molar-refractivity contribution in [3.63, 3.8) is 0 Å². The minimum Gasteiger partial charge on any atom is -0.317 e. The molecule has 0 atom stereocenters. The highest BCUT2D eigenvalue weighted by Crippen LogP contribution is 2.33. The molecule has 12 heavy (non-hydrogen) atoms. The molecule has 1 rings (SSSR count). The van der Waals surface area contributed by atoms with Crippen molar-refractivity contribution in [2.75, 3.05) is 6.54 Å². The predicted octanol–water partition coefficient (Wildman–Crippen LogP) is 3.37. The van der Waals surface area contributed by atoms with Crippen molar-refractivity contribution in [2.24, 2.45) is 17.8 Å². The summed E-state index contributed by atoms with van der Waals surface area (Å²) in [6.45, 7) is 12.2. The Morgan fingerprint density at radius 3 is 2.25 bits per heavy atom. The molecular weight excluding hydrogens is 146 g/mol. The van der Waals surface area contributed by atoms with Crippen LogP contribution in [-0.4, -0.2) is 6.54 Å². The molecule has 1 fully saturated rings. The molecule has 0 aliphatic heterocycles. The topological polar surface area (TPSA) is 4.36 Å². The smallest absolute Gasteiger partial charge is 0.217 e. The molecule has 68 valence electrons. The van der Waals surface area contributed by atoms with Gasteiger partial charge in [-0.05, 0) is 37.5 Å². The zero-order valence-electron chi connectivity index (χ0n) is 8.21. The van der Waals surface area contributed by atoms with Gasteiger partial charge in [0.25, 0.3) is 0 Å². The third-order valence-electron chi connectivity index (χ3n) is 3.18.